The molecule has 0 saturated carbocycles. The van der Waals surface area contributed by atoms with Crippen LogP contribution in [0.4, 0.5) is 0 Å². The Bertz CT molecular complexity index is 1340. The summed E-state index contributed by atoms with van der Waals surface area (Å²) in [7, 11) is 0. The van der Waals surface area contributed by atoms with Gasteiger partial charge in [-0.1, -0.05) is 36.4 Å². The van der Waals surface area contributed by atoms with E-state index in [2.05, 4.69) is 21.2 Å². The van der Waals surface area contributed by atoms with Gasteiger partial charge in [0.25, 0.3) is 0 Å². The number of pyridine rings is 2. The van der Waals surface area contributed by atoms with Crippen molar-refractivity contribution in [2.24, 2.45) is 0 Å². The first-order chi connectivity index (χ1) is 13.3. The number of fused-ring (bicyclic) bond motifs is 2. The highest BCUT2D eigenvalue weighted by atomic mass is 16.1. The van der Waals surface area contributed by atoms with Crippen LogP contribution in [0.5, 0.6) is 0 Å². The summed E-state index contributed by atoms with van der Waals surface area (Å²) in [6, 6.07) is 21.3. The molecule has 0 aliphatic carbocycles. The van der Waals surface area contributed by atoms with Crippen molar-refractivity contribution in [3.05, 3.63) is 89.3 Å². The molecule has 0 atom stereocenters. The molecule has 128 valence electrons. The van der Waals surface area contributed by atoms with Gasteiger partial charge in [-0.05, 0) is 29.8 Å². The summed E-state index contributed by atoms with van der Waals surface area (Å²) in [5.74, 6) is 0. The van der Waals surface area contributed by atoms with E-state index in [1.165, 1.54) is 6.07 Å². The van der Waals surface area contributed by atoms with Gasteiger partial charge in [0.05, 0.1) is 22.8 Å². The number of rotatable bonds is 2. The van der Waals surface area contributed by atoms with Crippen LogP contribution in [0.3, 0.4) is 0 Å². The molecule has 1 N–H and O–H groups in total. The topological polar surface area (TPSA) is 71.5 Å². The molecule has 0 bridgehead atoms. The van der Waals surface area contributed by atoms with Gasteiger partial charge < -0.3 is 4.98 Å². The van der Waals surface area contributed by atoms with E-state index < -0.39 is 0 Å². The van der Waals surface area contributed by atoms with Crippen molar-refractivity contribution in [3.63, 3.8) is 0 Å². The SMILES string of the molecule is O=c1cc[nH]c2nc(-c3ccccc3)c(-c3ccc4nnccc4c3)cc12. The van der Waals surface area contributed by atoms with E-state index in [1.807, 2.05) is 54.6 Å². The molecule has 27 heavy (non-hydrogen) atoms. The smallest absolute Gasteiger partial charge is 0.191 e. The molecule has 0 fully saturated rings. The summed E-state index contributed by atoms with van der Waals surface area (Å²) in [5.41, 5.74) is 5.06. The Kier molecular flexibility index (Phi) is 3.50. The lowest BCUT2D eigenvalue weighted by atomic mass is 9.97. The van der Waals surface area contributed by atoms with Gasteiger partial charge in [0.1, 0.15) is 5.65 Å². The molecule has 0 spiro atoms. The minimum Gasteiger partial charge on any atom is -0.346 e. The summed E-state index contributed by atoms with van der Waals surface area (Å²) >= 11 is 0. The molecule has 2 aromatic carbocycles. The number of aromatic nitrogens is 4. The quantitative estimate of drug-likeness (QED) is 0.518. The molecular formula is C22H14N4O. The van der Waals surface area contributed by atoms with Crippen molar-refractivity contribution in [1.29, 1.82) is 0 Å². The number of nitrogens with zero attached hydrogens (tertiary/aromatic N) is 3. The van der Waals surface area contributed by atoms with Gasteiger partial charge in [0.15, 0.2) is 5.43 Å². The monoisotopic (exact) mass is 350 g/mol. The van der Waals surface area contributed by atoms with Gasteiger partial charge in [-0.25, -0.2) is 4.98 Å². The Morgan fingerprint density at radius 3 is 2.63 bits per heavy atom. The maximum absolute atomic E-state index is 12.3. The van der Waals surface area contributed by atoms with E-state index >= 15 is 0 Å². The number of benzene rings is 2. The van der Waals surface area contributed by atoms with Crippen molar-refractivity contribution in [3.8, 4) is 22.4 Å². The molecule has 0 radical (unpaired) electrons. The third kappa shape index (κ3) is 2.66. The highest BCUT2D eigenvalue weighted by Crippen LogP contribution is 2.33. The fourth-order valence-corrected chi connectivity index (χ4v) is 3.29. The van der Waals surface area contributed by atoms with Crippen LogP contribution in [0.1, 0.15) is 0 Å². The molecule has 5 aromatic rings. The number of hydrogen-bond acceptors (Lipinski definition) is 4. The van der Waals surface area contributed by atoms with Crippen LogP contribution in [0.15, 0.2) is 83.9 Å². The highest BCUT2D eigenvalue weighted by molar-refractivity contribution is 5.93. The predicted molar refractivity (Wildman–Crippen MR) is 106 cm³/mol. The summed E-state index contributed by atoms with van der Waals surface area (Å²) in [4.78, 5) is 20.2. The number of aromatic amines is 1. The third-order valence-electron chi connectivity index (χ3n) is 4.61. The third-order valence-corrected chi connectivity index (χ3v) is 4.61. The Morgan fingerprint density at radius 2 is 1.74 bits per heavy atom. The van der Waals surface area contributed by atoms with Crippen molar-refractivity contribution >= 4 is 21.9 Å². The fraction of sp³-hybridized carbons (Fsp3) is 0. The predicted octanol–water partition coefficient (Wildman–Crippen LogP) is 4.20. The van der Waals surface area contributed by atoms with Crippen LogP contribution in [0.25, 0.3) is 44.3 Å². The standard InChI is InChI=1S/C22H14N4O/c27-20-9-10-23-22-18(20)13-17(21(25-22)14-4-2-1-3-5-14)15-6-7-19-16(12-15)8-11-24-26-19/h1-13H,(H,23,25,27). The zero-order valence-corrected chi connectivity index (χ0v) is 14.3. The number of nitrogens with one attached hydrogen (secondary N) is 1. The fourth-order valence-electron chi connectivity index (χ4n) is 3.29. The molecule has 5 rings (SSSR count). The van der Waals surface area contributed by atoms with Gasteiger partial charge in [0.2, 0.25) is 0 Å². The highest BCUT2D eigenvalue weighted by Gasteiger charge is 2.13. The van der Waals surface area contributed by atoms with Crippen molar-refractivity contribution < 1.29 is 0 Å². The van der Waals surface area contributed by atoms with Crippen LogP contribution in [0, 0.1) is 0 Å². The van der Waals surface area contributed by atoms with Gasteiger partial charge in [-0.15, -0.1) is 0 Å². The number of H-pyrrole nitrogens is 1. The molecule has 5 nitrogen and oxygen atoms in total. The van der Waals surface area contributed by atoms with Crippen LogP contribution < -0.4 is 5.43 Å². The summed E-state index contributed by atoms with van der Waals surface area (Å²) in [5, 5.41) is 9.62. The molecular weight excluding hydrogens is 336 g/mol. The van der Waals surface area contributed by atoms with Crippen LogP contribution in [-0.4, -0.2) is 20.2 Å². The minimum atomic E-state index is -0.0521. The summed E-state index contributed by atoms with van der Waals surface area (Å²) < 4.78 is 0. The minimum absolute atomic E-state index is 0.0521. The molecule has 0 unspecified atom stereocenters. The Hall–Kier alpha value is -3.86. The van der Waals surface area contributed by atoms with Crippen molar-refractivity contribution in [2.45, 2.75) is 0 Å². The normalized spacial score (nSPS) is 11.1. The summed E-state index contributed by atoms with van der Waals surface area (Å²) in [6.07, 6.45) is 3.30. The van der Waals surface area contributed by atoms with E-state index in [4.69, 9.17) is 4.98 Å². The molecule has 5 heteroatoms. The largest absolute Gasteiger partial charge is 0.346 e. The van der Waals surface area contributed by atoms with E-state index in [0.29, 0.717) is 11.0 Å². The molecule has 3 heterocycles. The maximum Gasteiger partial charge on any atom is 0.191 e. The van der Waals surface area contributed by atoms with E-state index in [-0.39, 0.29) is 5.43 Å². The summed E-state index contributed by atoms with van der Waals surface area (Å²) in [6.45, 7) is 0. The van der Waals surface area contributed by atoms with Gasteiger partial charge in [-0.3, -0.25) is 4.79 Å². The maximum atomic E-state index is 12.3. The second-order valence-electron chi connectivity index (χ2n) is 6.29. The van der Waals surface area contributed by atoms with Gasteiger partial charge >= 0.3 is 0 Å². The average Bonchev–Trinajstić information content (AvgIpc) is 2.73. The van der Waals surface area contributed by atoms with E-state index in [9.17, 15) is 4.79 Å². The van der Waals surface area contributed by atoms with Crippen molar-refractivity contribution in [1.82, 2.24) is 20.2 Å². The zero-order valence-electron chi connectivity index (χ0n) is 14.3. The van der Waals surface area contributed by atoms with Crippen LogP contribution in [0.2, 0.25) is 0 Å². The Morgan fingerprint density at radius 1 is 0.852 bits per heavy atom. The molecule has 0 amide bonds. The first kappa shape index (κ1) is 15.4. The lowest BCUT2D eigenvalue weighted by Crippen LogP contribution is -2.03. The molecule has 0 saturated heterocycles. The first-order valence-electron chi connectivity index (χ1n) is 8.59. The molecule has 3 aromatic heterocycles. The van der Waals surface area contributed by atoms with Crippen LogP contribution in [-0.2, 0) is 0 Å². The van der Waals surface area contributed by atoms with Gasteiger partial charge in [0, 0.05) is 28.8 Å². The second-order valence-corrected chi connectivity index (χ2v) is 6.29. The van der Waals surface area contributed by atoms with E-state index in [0.717, 1.165) is 33.3 Å². The molecule has 0 aliphatic heterocycles. The number of hydrogen-bond donors (Lipinski definition) is 1. The first-order valence-corrected chi connectivity index (χ1v) is 8.59. The van der Waals surface area contributed by atoms with Gasteiger partial charge in [-0.2, -0.15) is 10.2 Å². The van der Waals surface area contributed by atoms with Crippen molar-refractivity contribution in [2.75, 3.05) is 0 Å². The lowest BCUT2D eigenvalue weighted by Gasteiger charge is -2.11. The Balaban J connectivity index is 1.85. The van der Waals surface area contributed by atoms with E-state index in [1.54, 1.807) is 12.4 Å². The average molecular weight is 350 g/mol. The van der Waals surface area contributed by atoms with Crippen LogP contribution >= 0.6 is 0 Å². The molecule has 0 aliphatic rings. The second kappa shape index (κ2) is 6.14. The lowest BCUT2D eigenvalue weighted by molar-refractivity contribution is 1.08. The zero-order chi connectivity index (χ0) is 18.2. The Labute approximate surface area is 154 Å².